The highest BCUT2D eigenvalue weighted by atomic mass is 16.5. The molecular weight excluding hydrogens is 338 g/mol. The maximum atomic E-state index is 12.4. The van der Waals surface area contributed by atoms with E-state index in [0.29, 0.717) is 12.1 Å². The molecule has 0 spiro atoms. The lowest BCUT2D eigenvalue weighted by Crippen LogP contribution is -2.18. The first-order valence-electron chi connectivity index (χ1n) is 9.11. The van der Waals surface area contributed by atoms with Gasteiger partial charge in [0.05, 0.1) is 0 Å². The number of nitrogens with one attached hydrogen (secondary N) is 1. The van der Waals surface area contributed by atoms with Crippen molar-refractivity contribution in [3.05, 3.63) is 83.4 Å². The Morgan fingerprint density at radius 3 is 2.26 bits per heavy atom. The molecule has 0 heterocycles. The standard InChI is InChI=1S/C23H21NO3/c1-2-15-13-16(25)11-12-22(15)24-23(26)27-14-21-19-9-5-3-7-17(19)18-8-4-6-10-20(18)21/h3-13,21,25H,2,14H2,1H3,(H,24,26). The number of amides is 1. The van der Waals surface area contributed by atoms with E-state index in [-0.39, 0.29) is 18.3 Å². The van der Waals surface area contributed by atoms with Crippen LogP contribution in [0.2, 0.25) is 0 Å². The Morgan fingerprint density at radius 2 is 1.63 bits per heavy atom. The third-order valence-corrected chi connectivity index (χ3v) is 5.05. The van der Waals surface area contributed by atoms with Crippen LogP contribution in [0.25, 0.3) is 11.1 Å². The number of phenolic OH excluding ortho intramolecular Hbond substituents is 1. The molecule has 0 saturated carbocycles. The van der Waals surface area contributed by atoms with Crippen molar-refractivity contribution >= 4 is 11.8 Å². The number of aryl methyl sites for hydroxylation is 1. The van der Waals surface area contributed by atoms with Gasteiger partial charge in [0, 0.05) is 11.6 Å². The van der Waals surface area contributed by atoms with Gasteiger partial charge in [-0.25, -0.2) is 4.79 Å². The largest absolute Gasteiger partial charge is 0.508 e. The minimum atomic E-state index is -0.489. The van der Waals surface area contributed by atoms with Crippen LogP contribution in [-0.4, -0.2) is 17.8 Å². The average molecular weight is 359 g/mol. The zero-order valence-electron chi connectivity index (χ0n) is 15.1. The molecule has 4 heteroatoms. The van der Waals surface area contributed by atoms with Gasteiger partial charge in [0.1, 0.15) is 12.4 Å². The van der Waals surface area contributed by atoms with Crippen LogP contribution in [0, 0.1) is 0 Å². The third kappa shape index (κ3) is 3.26. The molecule has 1 amide bonds. The van der Waals surface area contributed by atoms with Crippen LogP contribution in [0.3, 0.4) is 0 Å². The van der Waals surface area contributed by atoms with Gasteiger partial charge in [-0.1, -0.05) is 55.5 Å². The van der Waals surface area contributed by atoms with E-state index in [0.717, 1.165) is 5.56 Å². The quantitative estimate of drug-likeness (QED) is 0.620. The van der Waals surface area contributed by atoms with Crippen LogP contribution >= 0.6 is 0 Å². The van der Waals surface area contributed by atoms with Crippen molar-refractivity contribution in [3.8, 4) is 16.9 Å². The summed E-state index contributed by atoms with van der Waals surface area (Å²) >= 11 is 0. The highest BCUT2D eigenvalue weighted by Gasteiger charge is 2.29. The Balaban J connectivity index is 1.50. The molecule has 0 unspecified atom stereocenters. The molecule has 0 aliphatic heterocycles. The van der Waals surface area contributed by atoms with Gasteiger partial charge in [-0.15, -0.1) is 0 Å². The molecule has 0 saturated heterocycles. The number of carbonyl (C=O) groups is 1. The van der Waals surface area contributed by atoms with Crippen molar-refractivity contribution in [2.75, 3.05) is 11.9 Å². The first-order chi connectivity index (χ1) is 13.2. The van der Waals surface area contributed by atoms with Crippen molar-refractivity contribution < 1.29 is 14.6 Å². The van der Waals surface area contributed by atoms with E-state index < -0.39 is 6.09 Å². The SMILES string of the molecule is CCc1cc(O)ccc1NC(=O)OCC1c2ccccc2-c2ccccc21. The maximum absolute atomic E-state index is 12.4. The molecule has 3 aromatic rings. The zero-order chi connectivity index (χ0) is 18.8. The predicted octanol–water partition coefficient (Wildman–Crippen LogP) is 5.32. The normalized spacial score (nSPS) is 12.3. The number of aromatic hydroxyl groups is 1. The first kappa shape index (κ1) is 17.2. The summed E-state index contributed by atoms with van der Waals surface area (Å²) in [6, 6.07) is 21.4. The van der Waals surface area contributed by atoms with Gasteiger partial charge in [-0.2, -0.15) is 0 Å². The van der Waals surface area contributed by atoms with Gasteiger partial charge >= 0.3 is 6.09 Å². The summed E-state index contributed by atoms with van der Waals surface area (Å²) in [6.07, 6.45) is 0.213. The molecule has 2 N–H and O–H groups in total. The Hall–Kier alpha value is -3.27. The van der Waals surface area contributed by atoms with Crippen LogP contribution in [-0.2, 0) is 11.2 Å². The third-order valence-electron chi connectivity index (χ3n) is 5.05. The van der Waals surface area contributed by atoms with Crippen LogP contribution in [0.5, 0.6) is 5.75 Å². The summed E-state index contributed by atoms with van der Waals surface area (Å²) in [5, 5.41) is 12.4. The molecule has 4 rings (SSSR count). The number of rotatable bonds is 4. The Morgan fingerprint density at radius 1 is 1.00 bits per heavy atom. The molecule has 0 radical (unpaired) electrons. The summed E-state index contributed by atoms with van der Waals surface area (Å²) in [7, 11) is 0. The lowest BCUT2D eigenvalue weighted by Gasteiger charge is -2.15. The molecule has 1 aliphatic rings. The maximum Gasteiger partial charge on any atom is 0.411 e. The number of hydrogen-bond acceptors (Lipinski definition) is 3. The first-order valence-corrected chi connectivity index (χ1v) is 9.11. The number of carbonyl (C=O) groups excluding carboxylic acids is 1. The lowest BCUT2D eigenvalue weighted by molar-refractivity contribution is 0.158. The van der Waals surface area contributed by atoms with E-state index in [1.165, 1.54) is 22.3 Å². The minimum Gasteiger partial charge on any atom is -0.508 e. The molecule has 0 atom stereocenters. The highest BCUT2D eigenvalue weighted by molar-refractivity contribution is 5.86. The second-order valence-electron chi connectivity index (χ2n) is 6.65. The Kier molecular flexibility index (Phi) is 4.55. The van der Waals surface area contributed by atoms with E-state index in [1.54, 1.807) is 18.2 Å². The highest BCUT2D eigenvalue weighted by Crippen LogP contribution is 2.44. The molecular formula is C23H21NO3. The van der Waals surface area contributed by atoms with Crippen LogP contribution in [0.4, 0.5) is 10.5 Å². The van der Waals surface area contributed by atoms with Crippen LogP contribution in [0.1, 0.15) is 29.5 Å². The molecule has 1 aliphatic carbocycles. The molecule has 3 aromatic carbocycles. The van der Waals surface area contributed by atoms with E-state index in [2.05, 4.69) is 29.6 Å². The summed E-state index contributed by atoms with van der Waals surface area (Å²) in [5.74, 6) is 0.221. The molecule has 0 bridgehead atoms. The molecule has 136 valence electrons. The molecule has 0 fully saturated rings. The fourth-order valence-electron chi connectivity index (χ4n) is 3.74. The summed E-state index contributed by atoms with van der Waals surface area (Å²) in [6.45, 7) is 2.25. The van der Waals surface area contributed by atoms with Crippen molar-refractivity contribution in [1.29, 1.82) is 0 Å². The fourth-order valence-corrected chi connectivity index (χ4v) is 3.74. The van der Waals surface area contributed by atoms with E-state index >= 15 is 0 Å². The van der Waals surface area contributed by atoms with E-state index in [9.17, 15) is 9.90 Å². The fraction of sp³-hybridized carbons (Fsp3) is 0.174. The molecule has 27 heavy (non-hydrogen) atoms. The average Bonchev–Trinajstić information content (AvgIpc) is 3.01. The van der Waals surface area contributed by atoms with Gasteiger partial charge in [0.2, 0.25) is 0 Å². The topological polar surface area (TPSA) is 58.6 Å². The second-order valence-corrected chi connectivity index (χ2v) is 6.65. The molecule has 4 nitrogen and oxygen atoms in total. The number of ether oxygens (including phenoxy) is 1. The number of benzene rings is 3. The summed E-state index contributed by atoms with van der Waals surface area (Å²) in [5.41, 5.74) is 6.30. The second kappa shape index (κ2) is 7.16. The number of fused-ring (bicyclic) bond motifs is 3. The smallest absolute Gasteiger partial charge is 0.411 e. The zero-order valence-corrected chi connectivity index (χ0v) is 15.1. The van der Waals surface area contributed by atoms with Crippen molar-refractivity contribution in [3.63, 3.8) is 0 Å². The van der Waals surface area contributed by atoms with E-state index in [4.69, 9.17) is 4.74 Å². The minimum absolute atomic E-state index is 0.0358. The number of hydrogen-bond donors (Lipinski definition) is 2. The van der Waals surface area contributed by atoms with E-state index in [1.807, 2.05) is 31.2 Å². The van der Waals surface area contributed by atoms with Crippen LogP contribution in [0.15, 0.2) is 66.7 Å². The van der Waals surface area contributed by atoms with Gasteiger partial charge in [0.25, 0.3) is 0 Å². The van der Waals surface area contributed by atoms with Gasteiger partial charge in [-0.3, -0.25) is 5.32 Å². The van der Waals surface area contributed by atoms with Crippen molar-refractivity contribution in [2.45, 2.75) is 19.3 Å². The number of phenols is 1. The predicted molar refractivity (Wildman–Crippen MR) is 106 cm³/mol. The monoisotopic (exact) mass is 359 g/mol. The van der Waals surface area contributed by atoms with Crippen molar-refractivity contribution in [2.24, 2.45) is 0 Å². The Bertz CT molecular complexity index is 951. The Labute approximate surface area is 158 Å². The van der Waals surface area contributed by atoms with Gasteiger partial charge < -0.3 is 9.84 Å². The lowest BCUT2D eigenvalue weighted by atomic mass is 9.98. The summed E-state index contributed by atoms with van der Waals surface area (Å²) in [4.78, 5) is 12.4. The van der Waals surface area contributed by atoms with Gasteiger partial charge in [-0.05, 0) is 52.4 Å². The van der Waals surface area contributed by atoms with Crippen LogP contribution < -0.4 is 5.32 Å². The van der Waals surface area contributed by atoms with Gasteiger partial charge in [0.15, 0.2) is 0 Å². The summed E-state index contributed by atoms with van der Waals surface area (Å²) < 4.78 is 5.56. The van der Waals surface area contributed by atoms with Crippen molar-refractivity contribution in [1.82, 2.24) is 0 Å². The number of anilines is 1. The molecule has 0 aromatic heterocycles.